The van der Waals surface area contributed by atoms with Gasteiger partial charge in [-0.2, -0.15) is 0 Å². The molecule has 3 nitrogen and oxygen atoms in total. The molecule has 1 aromatic carbocycles. The quantitative estimate of drug-likeness (QED) is 0.850. The molecule has 0 bridgehead atoms. The highest BCUT2D eigenvalue weighted by Crippen LogP contribution is 2.19. The van der Waals surface area contributed by atoms with Gasteiger partial charge < -0.3 is 11.1 Å². The molecule has 2 unspecified atom stereocenters. The molecule has 0 amide bonds. The van der Waals surface area contributed by atoms with E-state index in [1.54, 1.807) is 0 Å². The Hall–Kier alpha value is -0.900. The summed E-state index contributed by atoms with van der Waals surface area (Å²) in [5.74, 6) is 0. The number of rotatable bonds is 4. The average Bonchev–Trinajstić information content (AvgIpc) is 2.40. The van der Waals surface area contributed by atoms with Crippen LogP contribution >= 0.6 is 0 Å². The summed E-state index contributed by atoms with van der Waals surface area (Å²) in [4.78, 5) is 2.53. The Kier molecular flexibility index (Phi) is 4.75. The highest BCUT2D eigenvalue weighted by molar-refractivity contribution is 5.23. The largest absolute Gasteiger partial charge is 0.324 e. The van der Waals surface area contributed by atoms with Crippen LogP contribution < -0.4 is 11.1 Å². The van der Waals surface area contributed by atoms with Crippen molar-refractivity contribution in [3.05, 3.63) is 35.4 Å². The number of benzene rings is 1. The maximum Gasteiger partial charge on any atom is 0.0309 e. The van der Waals surface area contributed by atoms with Crippen molar-refractivity contribution in [1.82, 2.24) is 10.2 Å². The van der Waals surface area contributed by atoms with Crippen LogP contribution in [0.25, 0.3) is 0 Å². The molecule has 1 saturated heterocycles. The van der Waals surface area contributed by atoms with Crippen LogP contribution in [0.1, 0.15) is 30.5 Å². The molecule has 0 saturated carbocycles. The molecule has 3 N–H and O–H groups in total. The fourth-order valence-corrected chi connectivity index (χ4v) is 2.59. The molecule has 1 aliphatic heterocycles. The van der Waals surface area contributed by atoms with Gasteiger partial charge in [0.1, 0.15) is 0 Å². The van der Waals surface area contributed by atoms with Crippen LogP contribution in [0, 0.1) is 6.92 Å². The average molecular weight is 247 g/mol. The maximum atomic E-state index is 6.31. The van der Waals surface area contributed by atoms with Crippen LogP contribution in [0.5, 0.6) is 0 Å². The topological polar surface area (TPSA) is 41.3 Å². The Bertz CT molecular complexity index is 355. The summed E-state index contributed by atoms with van der Waals surface area (Å²) in [6.07, 6.45) is 1.03. The molecule has 2 atom stereocenters. The lowest BCUT2D eigenvalue weighted by atomic mass is 9.99. The number of nitrogens with zero attached hydrogens (tertiary/aromatic N) is 1. The molecule has 2 rings (SSSR count). The van der Waals surface area contributed by atoms with Gasteiger partial charge in [0.25, 0.3) is 0 Å². The summed E-state index contributed by atoms with van der Waals surface area (Å²) < 4.78 is 0. The van der Waals surface area contributed by atoms with Crippen molar-refractivity contribution in [3.8, 4) is 0 Å². The third-order valence-corrected chi connectivity index (χ3v) is 3.88. The minimum Gasteiger partial charge on any atom is -0.324 e. The van der Waals surface area contributed by atoms with Crippen LogP contribution in [0.4, 0.5) is 0 Å². The summed E-state index contributed by atoms with van der Waals surface area (Å²) in [6, 6.07) is 9.31. The zero-order valence-corrected chi connectivity index (χ0v) is 11.5. The molecule has 18 heavy (non-hydrogen) atoms. The monoisotopic (exact) mass is 247 g/mol. The summed E-state index contributed by atoms with van der Waals surface area (Å²) in [6.45, 7) is 8.88. The second kappa shape index (κ2) is 6.32. The molecule has 1 aromatic rings. The number of aryl methyl sites for hydroxylation is 1. The predicted octanol–water partition coefficient (Wildman–Crippen LogP) is 1.68. The third kappa shape index (κ3) is 3.55. The van der Waals surface area contributed by atoms with Crippen molar-refractivity contribution in [2.75, 3.05) is 26.2 Å². The van der Waals surface area contributed by atoms with E-state index in [4.69, 9.17) is 5.73 Å². The van der Waals surface area contributed by atoms with Gasteiger partial charge in [0.05, 0.1) is 0 Å². The van der Waals surface area contributed by atoms with E-state index in [-0.39, 0.29) is 6.04 Å². The molecule has 1 heterocycles. The highest BCUT2D eigenvalue weighted by atomic mass is 15.2. The zero-order chi connectivity index (χ0) is 13.0. The van der Waals surface area contributed by atoms with Gasteiger partial charge in [-0.3, -0.25) is 4.90 Å². The fraction of sp³-hybridized carbons (Fsp3) is 0.600. The van der Waals surface area contributed by atoms with Crippen molar-refractivity contribution in [2.24, 2.45) is 5.73 Å². The first-order valence-electron chi connectivity index (χ1n) is 6.93. The smallest absolute Gasteiger partial charge is 0.0309 e. The van der Waals surface area contributed by atoms with Gasteiger partial charge in [-0.25, -0.2) is 0 Å². The molecular weight excluding hydrogens is 222 g/mol. The van der Waals surface area contributed by atoms with E-state index in [2.05, 4.69) is 48.3 Å². The van der Waals surface area contributed by atoms with E-state index in [9.17, 15) is 0 Å². The summed E-state index contributed by atoms with van der Waals surface area (Å²) in [7, 11) is 0. The van der Waals surface area contributed by atoms with Gasteiger partial charge >= 0.3 is 0 Å². The van der Waals surface area contributed by atoms with Gasteiger partial charge in [0, 0.05) is 38.3 Å². The van der Waals surface area contributed by atoms with E-state index >= 15 is 0 Å². The van der Waals surface area contributed by atoms with Crippen LogP contribution in [-0.4, -0.2) is 37.1 Å². The first-order chi connectivity index (χ1) is 8.66. The normalized spacial score (nSPS) is 20.6. The zero-order valence-electron chi connectivity index (χ0n) is 11.5. The Morgan fingerprint density at radius 3 is 2.44 bits per heavy atom. The maximum absolute atomic E-state index is 6.31. The number of nitrogens with one attached hydrogen (secondary N) is 1. The summed E-state index contributed by atoms with van der Waals surface area (Å²) >= 11 is 0. The second-order valence-corrected chi connectivity index (χ2v) is 5.39. The third-order valence-electron chi connectivity index (χ3n) is 3.88. The Morgan fingerprint density at radius 1 is 1.22 bits per heavy atom. The van der Waals surface area contributed by atoms with Crippen LogP contribution in [0.3, 0.4) is 0 Å². The first-order valence-corrected chi connectivity index (χ1v) is 6.93. The lowest BCUT2D eigenvalue weighted by Gasteiger charge is -2.34. The molecule has 1 aliphatic rings. The lowest BCUT2D eigenvalue weighted by Crippen LogP contribution is -2.48. The van der Waals surface area contributed by atoms with Gasteiger partial charge in [0.2, 0.25) is 0 Å². The van der Waals surface area contributed by atoms with Crippen LogP contribution in [-0.2, 0) is 0 Å². The molecule has 0 aliphatic carbocycles. The Labute approximate surface area is 110 Å². The van der Waals surface area contributed by atoms with Crippen LogP contribution in [0.15, 0.2) is 24.3 Å². The van der Waals surface area contributed by atoms with Gasteiger partial charge in [-0.15, -0.1) is 0 Å². The summed E-state index contributed by atoms with van der Waals surface area (Å²) in [5.41, 5.74) is 8.86. The molecule has 0 radical (unpaired) electrons. The minimum absolute atomic E-state index is 0.149. The number of piperazine rings is 1. The van der Waals surface area contributed by atoms with Crippen molar-refractivity contribution in [1.29, 1.82) is 0 Å². The Balaban J connectivity index is 1.89. The van der Waals surface area contributed by atoms with Crippen molar-refractivity contribution >= 4 is 0 Å². The predicted molar refractivity (Wildman–Crippen MR) is 76.6 cm³/mol. The van der Waals surface area contributed by atoms with Gasteiger partial charge in [-0.1, -0.05) is 29.8 Å². The van der Waals surface area contributed by atoms with Gasteiger partial charge in [0.15, 0.2) is 0 Å². The number of hydrogen-bond donors (Lipinski definition) is 2. The van der Waals surface area contributed by atoms with Gasteiger partial charge in [-0.05, 0) is 25.8 Å². The summed E-state index contributed by atoms with van der Waals surface area (Å²) in [5, 5.41) is 3.39. The molecular formula is C15H25N3. The molecule has 0 aromatic heterocycles. The SMILES string of the molecule is Cc1ccc(C(N)CC(C)N2CCNCC2)cc1. The van der Waals surface area contributed by atoms with Crippen LogP contribution in [0.2, 0.25) is 0 Å². The highest BCUT2D eigenvalue weighted by Gasteiger charge is 2.19. The minimum atomic E-state index is 0.149. The van der Waals surface area contributed by atoms with E-state index in [1.165, 1.54) is 11.1 Å². The fourth-order valence-electron chi connectivity index (χ4n) is 2.59. The van der Waals surface area contributed by atoms with E-state index in [0.717, 1.165) is 32.6 Å². The number of nitrogens with two attached hydrogens (primary N) is 1. The van der Waals surface area contributed by atoms with E-state index in [1.807, 2.05) is 0 Å². The van der Waals surface area contributed by atoms with E-state index < -0.39 is 0 Å². The van der Waals surface area contributed by atoms with E-state index in [0.29, 0.717) is 6.04 Å². The molecule has 1 fully saturated rings. The first kappa shape index (κ1) is 13.5. The van der Waals surface area contributed by atoms with Crippen molar-refractivity contribution in [3.63, 3.8) is 0 Å². The van der Waals surface area contributed by atoms with Crippen molar-refractivity contribution < 1.29 is 0 Å². The van der Waals surface area contributed by atoms with Crippen molar-refractivity contribution in [2.45, 2.75) is 32.4 Å². The lowest BCUT2D eigenvalue weighted by molar-refractivity contribution is 0.170. The molecule has 100 valence electrons. The Morgan fingerprint density at radius 2 is 1.83 bits per heavy atom. The molecule has 0 spiro atoms. The number of hydrogen-bond acceptors (Lipinski definition) is 3. The second-order valence-electron chi connectivity index (χ2n) is 5.39. The standard InChI is InChI=1S/C15H25N3/c1-12-3-5-14(6-4-12)15(16)11-13(2)18-9-7-17-8-10-18/h3-6,13,15,17H,7-11,16H2,1-2H3. The molecule has 3 heteroatoms.